The number of benzene rings is 1. The summed E-state index contributed by atoms with van der Waals surface area (Å²) in [5.74, 6) is 1.28. The van der Waals surface area contributed by atoms with Gasteiger partial charge in [0, 0.05) is 11.2 Å². The molecule has 0 aromatic heterocycles. The molecule has 6 nitrogen and oxygen atoms in total. The first-order chi connectivity index (χ1) is 12.4. The third kappa shape index (κ3) is 4.44. The number of rotatable bonds is 7. The molecule has 2 fully saturated rings. The van der Waals surface area contributed by atoms with E-state index in [1.54, 1.807) is 32.0 Å². The number of hydrogen-bond acceptors (Lipinski definition) is 5. The molecule has 1 aromatic rings. The summed E-state index contributed by atoms with van der Waals surface area (Å²) in [6.45, 7) is 11.9. The number of nitrogens with one attached hydrogen (secondary N) is 1. The van der Waals surface area contributed by atoms with Crippen LogP contribution in [0.25, 0.3) is 0 Å². The smallest absolute Gasteiger partial charge is 0.494 e. The first-order valence-electron chi connectivity index (χ1n) is 9.55. The van der Waals surface area contributed by atoms with Crippen LogP contribution < -0.4 is 14.9 Å². The van der Waals surface area contributed by atoms with E-state index in [0.717, 1.165) is 0 Å². The predicted molar refractivity (Wildman–Crippen MR) is 108 cm³/mol. The predicted octanol–water partition coefficient (Wildman–Crippen LogP) is 2.92. The highest BCUT2D eigenvalue weighted by Crippen LogP contribution is 2.38. The second-order valence-electron chi connectivity index (χ2n) is 8.79. The van der Waals surface area contributed by atoms with Gasteiger partial charge in [0.15, 0.2) is 0 Å². The largest absolute Gasteiger partial charge is 0.498 e. The number of anilines is 1. The van der Waals surface area contributed by atoms with Gasteiger partial charge in [0.2, 0.25) is 10.0 Å². The summed E-state index contributed by atoms with van der Waals surface area (Å²) in [5, 5.41) is -0.524. The molecule has 1 aliphatic carbocycles. The third-order valence-electron chi connectivity index (χ3n) is 5.57. The van der Waals surface area contributed by atoms with Gasteiger partial charge in [-0.05, 0) is 78.5 Å². The molecule has 0 atom stereocenters. The molecule has 2 aliphatic rings. The average Bonchev–Trinajstić information content (AvgIpc) is 3.32. The Balaban J connectivity index is 1.91. The van der Waals surface area contributed by atoms with Gasteiger partial charge in [-0.25, -0.2) is 8.42 Å². The van der Waals surface area contributed by atoms with Gasteiger partial charge in [-0.1, -0.05) is 0 Å². The molecule has 1 saturated carbocycles. The Kier molecular flexibility index (Phi) is 5.29. The summed E-state index contributed by atoms with van der Waals surface area (Å²) in [7, 11) is -4.06. The highest BCUT2D eigenvalue weighted by atomic mass is 32.2. The van der Waals surface area contributed by atoms with Crippen LogP contribution in [-0.2, 0) is 19.3 Å². The standard InChI is InChI=1S/C19H30BNO5S/c1-13(2)27(22,23)21-15-9-10-17(24-12-14-7-8-14)16(11-15)20-25-18(3,4)19(5,6)26-20/h9-11,13-14,21H,7-8,12H2,1-6H3. The van der Waals surface area contributed by atoms with E-state index in [1.165, 1.54) is 12.8 Å². The van der Waals surface area contributed by atoms with Gasteiger partial charge >= 0.3 is 7.12 Å². The van der Waals surface area contributed by atoms with Crippen LogP contribution in [0.3, 0.4) is 0 Å². The molecule has 0 bridgehead atoms. The molecule has 1 aromatic carbocycles. The first kappa shape index (κ1) is 20.5. The Bertz CT molecular complexity index is 786. The van der Waals surface area contributed by atoms with Crippen molar-refractivity contribution in [1.29, 1.82) is 0 Å². The minimum Gasteiger partial charge on any atom is -0.494 e. The summed E-state index contributed by atoms with van der Waals surface area (Å²) in [4.78, 5) is 0. The van der Waals surface area contributed by atoms with Crippen molar-refractivity contribution in [3.63, 3.8) is 0 Å². The Morgan fingerprint density at radius 2 is 1.78 bits per heavy atom. The van der Waals surface area contributed by atoms with Crippen molar-refractivity contribution in [2.75, 3.05) is 11.3 Å². The van der Waals surface area contributed by atoms with E-state index in [-0.39, 0.29) is 0 Å². The van der Waals surface area contributed by atoms with Crippen LogP contribution in [0.1, 0.15) is 54.4 Å². The molecular formula is C19H30BNO5S. The molecule has 0 radical (unpaired) electrons. The van der Waals surface area contributed by atoms with Gasteiger partial charge in [-0.15, -0.1) is 0 Å². The zero-order chi connectivity index (χ0) is 20.0. The number of hydrogen-bond donors (Lipinski definition) is 1. The van der Waals surface area contributed by atoms with Crippen LogP contribution in [0.4, 0.5) is 5.69 Å². The van der Waals surface area contributed by atoms with Gasteiger partial charge in [-0.3, -0.25) is 4.72 Å². The van der Waals surface area contributed by atoms with Gasteiger partial charge in [0.05, 0.1) is 23.1 Å². The third-order valence-corrected chi connectivity index (χ3v) is 7.33. The minimum atomic E-state index is -3.44. The van der Waals surface area contributed by atoms with Crippen molar-refractivity contribution in [2.24, 2.45) is 5.92 Å². The van der Waals surface area contributed by atoms with Crippen molar-refractivity contribution in [2.45, 2.75) is 70.8 Å². The van der Waals surface area contributed by atoms with Crippen LogP contribution in [0.2, 0.25) is 0 Å². The fourth-order valence-electron chi connectivity index (χ4n) is 2.67. The van der Waals surface area contributed by atoms with Gasteiger partial charge in [0.1, 0.15) is 5.75 Å². The van der Waals surface area contributed by atoms with Gasteiger partial charge < -0.3 is 14.0 Å². The number of ether oxygens (including phenoxy) is 1. The maximum Gasteiger partial charge on any atom is 0.498 e. The molecule has 150 valence electrons. The van der Waals surface area contributed by atoms with Crippen LogP contribution in [0, 0.1) is 5.92 Å². The second kappa shape index (κ2) is 6.97. The molecule has 0 spiro atoms. The van der Waals surface area contributed by atoms with E-state index in [4.69, 9.17) is 14.0 Å². The molecule has 1 N–H and O–H groups in total. The van der Waals surface area contributed by atoms with Crippen molar-refractivity contribution < 1.29 is 22.5 Å². The maximum atomic E-state index is 12.2. The fourth-order valence-corrected chi connectivity index (χ4v) is 3.36. The lowest BCUT2D eigenvalue weighted by Crippen LogP contribution is -2.41. The van der Waals surface area contributed by atoms with Crippen LogP contribution in [-0.4, -0.2) is 38.6 Å². The molecule has 1 saturated heterocycles. The summed E-state index contributed by atoms with van der Waals surface area (Å²) in [6.07, 6.45) is 2.39. The summed E-state index contributed by atoms with van der Waals surface area (Å²) < 4.78 is 45.5. The van der Waals surface area contributed by atoms with Crippen molar-refractivity contribution >= 4 is 28.3 Å². The van der Waals surface area contributed by atoms with E-state index >= 15 is 0 Å². The molecule has 8 heteroatoms. The Morgan fingerprint density at radius 3 is 2.30 bits per heavy atom. The number of sulfonamides is 1. The Hall–Kier alpha value is -1.25. The highest BCUT2D eigenvalue weighted by Gasteiger charge is 2.52. The van der Waals surface area contributed by atoms with E-state index in [1.807, 2.05) is 27.7 Å². The molecule has 1 aliphatic heterocycles. The van der Waals surface area contributed by atoms with Crippen molar-refractivity contribution in [3.8, 4) is 5.75 Å². The monoisotopic (exact) mass is 395 g/mol. The van der Waals surface area contributed by atoms with E-state index < -0.39 is 33.6 Å². The van der Waals surface area contributed by atoms with Crippen LogP contribution in [0.5, 0.6) is 5.75 Å². The molecular weight excluding hydrogens is 365 g/mol. The molecule has 3 rings (SSSR count). The SMILES string of the molecule is CC(C)S(=O)(=O)Nc1ccc(OCC2CC2)c(B2OC(C)(C)C(C)(C)O2)c1. The van der Waals surface area contributed by atoms with Gasteiger partial charge in [-0.2, -0.15) is 0 Å². The summed E-state index contributed by atoms with van der Waals surface area (Å²) >= 11 is 0. The zero-order valence-electron chi connectivity index (χ0n) is 17.0. The summed E-state index contributed by atoms with van der Waals surface area (Å²) in [5.41, 5.74) is 0.211. The fraction of sp³-hybridized carbons (Fsp3) is 0.684. The Morgan fingerprint density at radius 1 is 1.19 bits per heavy atom. The topological polar surface area (TPSA) is 73.9 Å². The maximum absolute atomic E-state index is 12.2. The van der Waals surface area contributed by atoms with Crippen LogP contribution in [0.15, 0.2) is 18.2 Å². The summed E-state index contributed by atoms with van der Waals surface area (Å²) in [6, 6.07) is 5.27. The lowest BCUT2D eigenvalue weighted by atomic mass is 9.78. The molecule has 0 unspecified atom stereocenters. The normalized spacial score (nSPS) is 21.5. The first-order valence-corrected chi connectivity index (χ1v) is 11.1. The van der Waals surface area contributed by atoms with Crippen LogP contribution >= 0.6 is 0 Å². The van der Waals surface area contributed by atoms with Crippen molar-refractivity contribution in [3.05, 3.63) is 18.2 Å². The lowest BCUT2D eigenvalue weighted by molar-refractivity contribution is 0.00578. The molecule has 0 amide bonds. The van der Waals surface area contributed by atoms with Gasteiger partial charge in [0.25, 0.3) is 0 Å². The zero-order valence-corrected chi connectivity index (χ0v) is 17.9. The lowest BCUT2D eigenvalue weighted by Gasteiger charge is -2.32. The molecule has 1 heterocycles. The average molecular weight is 395 g/mol. The van der Waals surface area contributed by atoms with E-state index in [2.05, 4.69) is 4.72 Å². The Labute approximate surface area is 163 Å². The van der Waals surface area contributed by atoms with E-state index in [0.29, 0.717) is 29.4 Å². The van der Waals surface area contributed by atoms with E-state index in [9.17, 15) is 8.42 Å². The highest BCUT2D eigenvalue weighted by molar-refractivity contribution is 7.93. The quantitative estimate of drug-likeness (QED) is 0.719. The second-order valence-corrected chi connectivity index (χ2v) is 11.0. The van der Waals surface area contributed by atoms with Crippen molar-refractivity contribution in [1.82, 2.24) is 0 Å². The molecule has 27 heavy (non-hydrogen) atoms. The minimum absolute atomic E-state index is 0.479.